The Morgan fingerprint density at radius 3 is 3.36 bits per heavy atom. The Bertz CT molecular complexity index is 295. The molecular weight excluding hydrogens is 178 g/mol. The molecule has 0 saturated carbocycles. The van der Waals surface area contributed by atoms with Crippen LogP contribution in [0.1, 0.15) is 31.3 Å². The molecule has 1 unspecified atom stereocenters. The number of hydrogen-bond acceptors (Lipinski definition) is 3. The van der Waals surface area contributed by atoms with Crippen molar-refractivity contribution in [1.82, 2.24) is 15.3 Å². The highest BCUT2D eigenvalue weighted by molar-refractivity contribution is 5.17. The van der Waals surface area contributed by atoms with E-state index in [1.165, 1.54) is 5.69 Å². The molecule has 14 heavy (non-hydrogen) atoms. The van der Waals surface area contributed by atoms with Crippen molar-refractivity contribution in [3.05, 3.63) is 17.7 Å². The van der Waals surface area contributed by atoms with E-state index < -0.39 is 0 Å². The number of imidazole rings is 1. The molecule has 1 aliphatic rings. The van der Waals surface area contributed by atoms with Gasteiger partial charge >= 0.3 is 0 Å². The molecule has 1 aromatic rings. The van der Waals surface area contributed by atoms with E-state index in [1.54, 1.807) is 6.33 Å². The first kappa shape index (κ1) is 9.68. The van der Waals surface area contributed by atoms with Crippen molar-refractivity contribution in [3.63, 3.8) is 0 Å². The number of nitrogens with zero attached hydrogens (tertiary/aromatic N) is 1. The van der Waals surface area contributed by atoms with E-state index in [4.69, 9.17) is 4.74 Å². The molecule has 0 aromatic carbocycles. The Morgan fingerprint density at radius 1 is 1.71 bits per heavy atom. The number of aromatic nitrogens is 2. The minimum absolute atomic E-state index is 0.118. The second-order valence-electron chi connectivity index (χ2n) is 3.94. The summed E-state index contributed by atoms with van der Waals surface area (Å²) in [5, 5.41) is 3.37. The van der Waals surface area contributed by atoms with E-state index in [9.17, 15) is 0 Å². The van der Waals surface area contributed by atoms with Gasteiger partial charge in [0, 0.05) is 24.7 Å². The molecule has 0 bridgehead atoms. The van der Waals surface area contributed by atoms with E-state index in [0.29, 0.717) is 6.04 Å². The number of fused-ring (bicyclic) bond motifs is 1. The third-order valence-corrected chi connectivity index (χ3v) is 2.44. The zero-order valence-corrected chi connectivity index (χ0v) is 8.71. The van der Waals surface area contributed by atoms with Crippen molar-refractivity contribution in [2.45, 2.75) is 32.4 Å². The lowest BCUT2D eigenvalue weighted by atomic mass is 10.1. The van der Waals surface area contributed by atoms with Crippen LogP contribution in [-0.4, -0.2) is 29.2 Å². The largest absolute Gasteiger partial charge is 0.370 e. The van der Waals surface area contributed by atoms with Gasteiger partial charge in [-0.3, -0.25) is 0 Å². The Balaban J connectivity index is 2.01. The first-order valence-electron chi connectivity index (χ1n) is 5.14. The van der Waals surface area contributed by atoms with E-state index in [1.807, 2.05) is 0 Å². The highest BCUT2D eigenvalue weighted by Crippen LogP contribution is 2.23. The van der Waals surface area contributed by atoms with Gasteiger partial charge in [0.25, 0.3) is 0 Å². The molecule has 1 aromatic heterocycles. The van der Waals surface area contributed by atoms with Gasteiger partial charge in [-0.05, 0) is 0 Å². The van der Waals surface area contributed by atoms with Crippen molar-refractivity contribution >= 4 is 0 Å². The van der Waals surface area contributed by atoms with Crippen LogP contribution in [0.3, 0.4) is 0 Å². The minimum atomic E-state index is 0.118. The Kier molecular flexibility index (Phi) is 2.84. The van der Waals surface area contributed by atoms with Crippen molar-refractivity contribution in [2.24, 2.45) is 0 Å². The van der Waals surface area contributed by atoms with Gasteiger partial charge in [0.1, 0.15) is 6.10 Å². The minimum Gasteiger partial charge on any atom is -0.370 e. The topological polar surface area (TPSA) is 49.9 Å². The molecule has 0 amide bonds. The first-order chi connectivity index (χ1) is 6.77. The molecule has 1 atom stereocenters. The van der Waals surface area contributed by atoms with Crippen LogP contribution in [0, 0.1) is 0 Å². The summed E-state index contributed by atoms with van der Waals surface area (Å²) in [6.45, 7) is 5.90. The summed E-state index contributed by atoms with van der Waals surface area (Å²) in [6.07, 6.45) is 2.82. The fourth-order valence-electron chi connectivity index (χ4n) is 1.69. The van der Waals surface area contributed by atoms with Gasteiger partial charge in [-0.15, -0.1) is 0 Å². The van der Waals surface area contributed by atoms with Crippen LogP contribution in [0.2, 0.25) is 0 Å². The lowest BCUT2D eigenvalue weighted by Gasteiger charge is -2.23. The highest BCUT2D eigenvalue weighted by atomic mass is 16.5. The summed E-state index contributed by atoms with van der Waals surface area (Å²) in [5.74, 6) is 0. The molecule has 0 radical (unpaired) electrons. The maximum absolute atomic E-state index is 5.67. The summed E-state index contributed by atoms with van der Waals surface area (Å²) in [5.41, 5.74) is 2.30. The van der Waals surface area contributed by atoms with E-state index in [2.05, 4.69) is 29.1 Å². The molecule has 4 nitrogen and oxygen atoms in total. The number of hydrogen-bond donors (Lipinski definition) is 2. The zero-order chi connectivity index (χ0) is 9.97. The van der Waals surface area contributed by atoms with E-state index in [-0.39, 0.29) is 6.10 Å². The molecular formula is C10H17N3O. The van der Waals surface area contributed by atoms with Crippen LogP contribution in [0.5, 0.6) is 0 Å². The van der Waals surface area contributed by atoms with Gasteiger partial charge in [0.05, 0.1) is 18.6 Å². The summed E-state index contributed by atoms with van der Waals surface area (Å²) in [6, 6.07) is 0.489. The average Bonchev–Trinajstić information content (AvgIpc) is 2.62. The molecule has 2 N–H and O–H groups in total. The maximum Gasteiger partial charge on any atom is 0.114 e. The van der Waals surface area contributed by atoms with Gasteiger partial charge in [-0.2, -0.15) is 0 Å². The standard InChI is InChI=1S/C10H17N3O/c1-7(2)11-5-9-10-8(3-4-14-9)12-6-13-10/h6-7,9,11H,3-5H2,1-2H3,(H,12,13). The fourth-order valence-corrected chi connectivity index (χ4v) is 1.69. The van der Waals surface area contributed by atoms with Crippen LogP contribution in [0.25, 0.3) is 0 Å². The molecule has 4 heteroatoms. The molecule has 2 heterocycles. The van der Waals surface area contributed by atoms with E-state index >= 15 is 0 Å². The Labute approximate surface area is 84.1 Å². The Hall–Kier alpha value is -0.870. The summed E-state index contributed by atoms with van der Waals surface area (Å²) >= 11 is 0. The molecule has 0 aliphatic carbocycles. The molecule has 0 fully saturated rings. The number of ether oxygens (including phenoxy) is 1. The maximum atomic E-state index is 5.67. The number of H-pyrrole nitrogens is 1. The summed E-state index contributed by atoms with van der Waals surface area (Å²) in [4.78, 5) is 7.45. The second-order valence-corrected chi connectivity index (χ2v) is 3.94. The third kappa shape index (κ3) is 1.96. The van der Waals surface area contributed by atoms with Crippen LogP contribution < -0.4 is 5.32 Å². The smallest absolute Gasteiger partial charge is 0.114 e. The lowest BCUT2D eigenvalue weighted by Crippen LogP contribution is -2.31. The molecule has 0 spiro atoms. The first-order valence-corrected chi connectivity index (χ1v) is 5.14. The summed E-state index contributed by atoms with van der Waals surface area (Å²) < 4.78 is 5.67. The second kappa shape index (κ2) is 4.11. The third-order valence-electron chi connectivity index (χ3n) is 2.44. The monoisotopic (exact) mass is 195 g/mol. The van der Waals surface area contributed by atoms with Gasteiger partial charge in [0.2, 0.25) is 0 Å². The molecule has 1 aliphatic heterocycles. The lowest BCUT2D eigenvalue weighted by molar-refractivity contribution is 0.0380. The SMILES string of the molecule is CC(C)NCC1OCCc2[nH]cnc21. The van der Waals surface area contributed by atoms with Crippen molar-refractivity contribution in [2.75, 3.05) is 13.2 Å². The van der Waals surface area contributed by atoms with Gasteiger partial charge < -0.3 is 15.0 Å². The van der Waals surface area contributed by atoms with Gasteiger partial charge in [-0.25, -0.2) is 4.98 Å². The Morgan fingerprint density at radius 2 is 2.57 bits per heavy atom. The number of rotatable bonds is 3. The molecule has 78 valence electrons. The normalized spacial score (nSPS) is 21.2. The van der Waals surface area contributed by atoms with E-state index in [0.717, 1.165) is 25.3 Å². The predicted octanol–water partition coefficient (Wildman–Crippen LogP) is 1.02. The van der Waals surface area contributed by atoms with Crippen LogP contribution >= 0.6 is 0 Å². The van der Waals surface area contributed by atoms with Crippen molar-refractivity contribution in [3.8, 4) is 0 Å². The van der Waals surface area contributed by atoms with Crippen molar-refractivity contribution < 1.29 is 4.74 Å². The van der Waals surface area contributed by atoms with Crippen LogP contribution in [-0.2, 0) is 11.2 Å². The highest BCUT2D eigenvalue weighted by Gasteiger charge is 2.22. The molecule has 2 rings (SSSR count). The molecule has 0 saturated heterocycles. The quantitative estimate of drug-likeness (QED) is 0.757. The zero-order valence-electron chi connectivity index (χ0n) is 8.71. The number of nitrogens with one attached hydrogen (secondary N) is 2. The average molecular weight is 195 g/mol. The van der Waals surface area contributed by atoms with Gasteiger partial charge in [0.15, 0.2) is 0 Å². The number of aromatic amines is 1. The predicted molar refractivity (Wildman–Crippen MR) is 54.1 cm³/mol. The van der Waals surface area contributed by atoms with Crippen molar-refractivity contribution in [1.29, 1.82) is 0 Å². The summed E-state index contributed by atoms with van der Waals surface area (Å²) in [7, 11) is 0. The van der Waals surface area contributed by atoms with Gasteiger partial charge in [-0.1, -0.05) is 13.8 Å². The van der Waals surface area contributed by atoms with Crippen LogP contribution in [0.15, 0.2) is 6.33 Å². The van der Waals surface area contributed by atoms with Crippen LogP contribution in [0.4, 0.5) is 0 Å². The fraction of sp³-hybridized carbons (Fsp3) is 0.700.